The Bertz CT molecular complexity index is 182. The average molecular weight is 263 g/mol. The van der Waals surface area contributed by atoms with Crippen LogP contribution < -0.4 is 0 Å². The van der Waals surface area contributed by atoms with Crippen LogP contribution in [0.1, 0.15) is 0 Å². The second kappa shape index (κ2) is 4.57. The Kier molecular flexibility index (Phi) is 4.32. The first kappa shape index (κ1) is 13.2. The molecule has 0 radical (unpaired) electrons. The largest absolute Gasteiger partial charge is 0.369 e. The summed E-state index contributed by atoms with van der Waals surface area (Å²) in [5, 5.41) is 0.772. The molecule has 1 heterocycles. The maximum Gasteiger partial charge on any atom is 0.347 e. The molecule has 0 aromatic carbocycles. The lowest BCUT2D eigenvalue weighted by Gasteiger charge is -2.45. The topological polar surface area (TPSA) is 3.24 Å². The second-order valence-electron chi connectivity index (χ2n) is 5.76. The number of nitrogens with zero attached hydrogens (tertiary/aromatic N) is 1. The van der Waals surface area contributed by atoms with Crippen LogP contribution in [0.15, 0.2) is 0 Å². The quantitative estimate of drug-likeness (QED) is 0.718. The summed E-state index contributed by atoms with van der Waals surface area (Å²) in [4.78, 5) is 0. The van der Waals surface area contributed by atoms with E-state index in [9.17, 15) is 0 Å². The second-order valence-corrected chi connectivity index (χ2v) is 18.5. The first-order valence-corrected chi connectivity index (χ1v) is 14.2. The Balaban J connectivity index is 2.82. The van der Waals surface area contributed by atoms with E-state index in [0.29, 0.717) is 0 Å². The predicted octanol–water partition coefficient (Wildman–Crippen LogP) is 3.42. The van der Waals surface area contributed by atoms with Crippen molar-refractivity contribution in [1.29, 1.82) is 0 Å². The molecule has 0 aromatic rings. The molecule has 6 heteroatoms. The average Bonchev–Trinajstić information content (AvgIpc) is 2.31. The third kappa shape index (κ3) is 3.33. The van der Waals surface area contributed by atoms with Gasteiger partial charge in [-0.3, -0.25) is 0 Å². The summed E-state index contributed by atoms with van der Waals surface area (Å²) in [5.74, 6) is 2.70. The van der Waals surface area contributed by atoms with E-state index < -0.39 is 16.5 Å². The van der Waals surface area contributed by atoms with E-state index in [4.69, 9.17) is 0 Å². The van der Waals surface area contributed by atoms with Gasteiger partial charge < -0.3 is 4.14 Å². The molecule has 0 atom stereocenters. The van der Waals surface area contributed by atoms with Crippen LogP contribution in [-0.2, 0) is 0 Å². The van der Waals surface area contributed by atoms with Crippen molar-refractivity contribution in [1.82, 2.24) is 4.14 Å². The van der Waals surface area contributed by atoms with Gasteiger partial charge in [0.25, 0.3) is 0 Å². The van der Waals surface area contributed by atoms with E-state index >= 15 is 0 Å². The van der Waals surface area contributed by atoms with Gasteiger partial charge in [-0.05, 0) is 11.5 Å². The first-order valence-electron chi connectivity index (χ1n) is 5.25. The van der Waals surface area contributed by atoms with Crippen molar-refractivity contribution < 1.29 is 0 Å². The van der Waals surface area contributed by atoms with Crippen molar-refractivity contribution in [3.05, 3.63) is 0 Å². The maximum absolute atomic E-state index is 2.92. The Morgan fingerprint density at radius 3 is 1.50 bits per heavy atom. The van der Waals surface area contributed by atoms with Crippen LogP contribution in [-0.4, -0.2) is 37.5 Å². The standard InChI is InChI=1S/C8H22BNS2Si2/c1-13(2,3)10(14(4,5)6)9-11-7-8-12-9/h7-8H2,1-6H3. The Labute approximate surface area is 99.9 Å². The van der Waals surface area contributed by atoms with Crippen molar-refractivity contribution in [2.24, 2.45) is 0 Å². The van der Waals surface area contributed by atoms with Gasteiger partial charge in [0.2, 0.25) is 0 Å². The van der Waals surface area contributed by atoms with Crippen molar-refractivity contribution in [3.8, 4) is 0 Å². The highest BCUT2D eigenvalue weighted by Gasteiger charge is 2.43. The van der Waals surface area contributed by atoms with Crippen LogP contribution in [0.2, 0.25) is 39.3 Å². The molecule has 0 spiro atoms. The number of hydrogen-bond acceptors (Lipinski definition) is 3. The monoisotopic (exact) mass is 263 g/mol. The smallest absolute Gasteiger partial charge is 0.347 e. The summed E-state index contributed by atoms with van der Waals surface area (Å²) in [5.41, 5.74) is 0. The summed E-state index contributed by atoms with van der Waals surface area (Å²) >= 11 is 4.33. The molecule has 0 aromatic heterocycles. The van der Waals surface area contributed by atoms with Crippen LogP contribution in [0.4, 0.5) is 0 Å². The van der Waals surface area contributed by atoms with Crippen LogP contribution in [0.25, 0.3) is 0 Å². The highest BCUT2D eigenvalue weighted by atomic mass is 32.2. The molecular formula is C8H22BNS2Si2. The fourth-order valence-electron chi connectivity index (χ4n) is 2.13. The molecule has 0 unspecified atom stereocenters. The molecule has 0 saturated carbocycles. The minimum absolute atomic E-state index is 0.772. The van der Waals surface area contributed by atoms with Gasteiger partial charge in [0.05, 0.1) is 0 Å². The van der Waals surface area contributed by atoms with Crippen molar-refractivity contribution in [2.75, 3.05) is 11.5 Å². The van der Waals surface area contributed by atoms with Gasteiger partial charge in [0.1, 0.15) is 16.5 Å². The Morgan fingerprint density at radius 1 is 0.857 bits per heavy atom. The van der Waals surface area contributed by atoms with E-state index in [0.717, 1.165) is 5.40 Å². The van der Waals surface area contributed by atoms with Crippen molar-refractivity contribution >= 4 is 45.1 Å². The van der Waals surface area contributed by atoms with Gasteiger partial charge in [0.15, 0.2) is 0 Å². The molecule has 0 aliphatic carbocycles. The molecule has 0 amide bonds. The molecular weight excluding hydrogens is 241 g/mol. The minimum atomic E-state index is -1.13. The lowest BCUT2D eigenvalue weighted by Crippen LogP contribution is -2.63. The van der Waals surface area contributed by atoms with Gasteiger partial charge in [-0.25, -0.2) is 0 Å². The van der Waals surface area contributed by atoms with Crippen LogP contribution in [0.5, 0.6) is 0 Å². The lowest BCUT2D eigenvalue weighted by molar-refractivity contribution is 0.964. The van der Waals surface area contributed by atoms with Gasteiger partial charge in [0, 0.05) is 0 Å². The Hall–Kier alpha value is 1.16. The molecule has 1 nitrogen and oxygen atoms in total. The zero-order chi connectivity index (χ0) is 11.0. The van der Waals surface area contributed by atoms with Crippen LogP contribution in [0, 0.1) is 0 Å². The summed E-state index contributed by atoms with van der Waals surface area (Å²) in [7, 11) is -2.27. The zero-order valence-electron chi connectivity index (χ0n) is 10.3. The SMILES string of the molecule is C[Si](C)(C)N(B1SCCS1)[Si](C)(C)C. The van der Waals surface area contributed by atoms with E-state index in [1.54, 1.807) is 0 Å². The van der Waals surface area contributed by atoms with E-state index in [2.05, 4.69) is 66.7 Å². The molecule has 1 fully saturated rings. The molecule has 0 N–H and O–H groups in total. The van der Waals surface area contributed by atoms with Crippen molar-refractivity contribution in [2.45, 2.75) is 39.3 Å². The van der Waals surface area contributed by atoms with Gasteiger partial charge in [-0.15, -0.1) is 0 Å². The Morgan fingerprint density at radius 2 is 1.21 bits per heavy atom. The third-order valence-electron chi connectivity index (χ3n) is 2.26. The predicted molar refractivity (Wildman–Crippen MR) is 79.2 cm³/mol. The minimum Gasteiger partial charge on any atom is -0.369 e. The molecule has 0 bridgehead atoms. The maximum atomic E-state index is 2.92. The summed E-state index contributed by atoms with van der Waals surface area (Å²) in [6.45, 7) is 14.9. The fraction of sp³-hybridized carbons (Fsp3) is 1.00. The molecule has 14 heavy (non-hydrogen) atoms. The zero-order valence-corrected chi connectivity index (χ0v) is 13.9. The highest BCUT2D eigenvalue weighted by molar-refractivity contribution is 8.56. The number of hydrogen-bond donors (Lipinski definition) is 0. The van der Waals surface area contributed by atoms with Gasteiger partial charge >= 0.3 is 5.40 Å². The third-order valence-corrected chi connectivity index (χ3v) is 13.4. The lowest BCUT2D eigenvalue weighted by atomic mass is 10.4. The van der Waals surface area contributed by atoms with Crippen LogP contribution in [0.3, 0.4) is 0 Å². The number of rotatable bonds is 3. The molecule has 82 valence electrons. The van der Waals surface area contributed by atoms with E-state index in [1.165, 1.54) is 11.5 Å². The summed E-state index contributed by atoms with van der Waals surface area (Å²) < 4.78 is 2.92. The van der Waals surface area contributed by atoms with Gasteiger partial charge in [-0.2, -0.15) is 23.2 Å². The molecule has 1 aliphatic heterocycles. The van der Waals surface area contributed by atoms with E-state index in [-0.39, 0.29) is 0 Å². The van der Waals surface area contributed by atoms with Crippen LogP contribution >= 0.6 is 23.2 Å². The normalized spacial score (nSPS) is 19.5. The fourth-order valence-corrected chi connectivity index (χ4v) is 18.6. The molecule has 1 rings (SSSR count). The summed E-state index contributed by atoms with van der Waals surface area (Å²) in [6, 6.07) is 0. The first-order chi connectivity index (χ1) is 6.23. The van der Waals surface area contributed by atoms with Gasteiger partial charge in [-0.1, -0.05) is 39.3 Å². The highest BCUT2D eigenvalue weighted by Crippen LogP contribution is 2.36. The van der Waals surface area contributed by atoms with Crippen molar-refractivity contribution in [3.63, 3.8) is 0 Å². The molecule has 1 saturated heterocycles. The van der Waals surface area contributed by atoms with E-state index in [1.807, 2.05) is 0 Å². The molecule has 1 aliphatic rings. The summed E-state index contributed by atoms with van der Waals surface area (Å²) in [6.07, 6.45) is 0.